The zero-order valence-corrected chi connectivity index (χ0v) is 9.88. The second-order valence-corrected chi connectivity index (χ2v) is 3.87. The van der Waals surface area contributed by atoms with Gasteiger partial charge in [0.25, 0.3) is 0 Å². The minimum atomic E-state index is -0.794. The van der Waals surface area contributed by atoms with Crippen molar-refractivity contribution in [3.8, 4) is 0 Å². The Balaban J connectivity index is 4.74. The molecule has 0 saturated carbocycles. The fourth-order valence-electron chi connectivity index (χ4n) is 1.39. The van der Waals surface area contributed by atoms with Crippen LogP contribution in [0.15, 0.2) is 0 Å². The third-order valence-corrected chi connectivity index (χ3v) is 2.36. The van der Waals surface area contributed by atoms with Crippen LogP contribution in [0.4, 0.5) is 0 Å². The Bertz CT molecular complexity index is 194. The van der Waals surface area contributed by atoms with Gasteiger partial charge in [0, 0.05) is 13.2 Å². The molecule has 0 aliphatic carbocycles. The molecule has 0 aliphatic heterocycles. The van der Waals surface area contributed by atoms with Gasteiger partial charge in [-0.25, -0.2) is 4.79 Å². The van der Waals surface area contributed by atoms with Gasteiger partial charge >= 0.3 is 5.97 Å². The van der Waals surface area contributed by atoms with Crippen LogP contribution in [0.3, 0.4) is 0 Å². The molecule has 0 saturated heterocycles. The SMILES string of the molecule is COC(=O)C(C)(NC(C)C)C(C)OC. The molecule has 14 heavy (non-hydrogen) atoms. The third kappa shape index (κ3) is 2.96. The predicted octanol–water partition coefficient (Wildman–Crippen LogP) is 0.951. The van der Waals surface area contributed by atoms with E-state index in [4.69, 9.17) is 9.47 Å². The molecule has 0 spiro atoms. The molecule has 0 rings (SSSR count). The summed E-state index contributed by atoms with van der Waals surface area (Å²) in [7, 11) is 2.96. The first-order chi connectivity index (χ1) is 6.38. The van der Waals surface area contributed by atoms with Crippen LogP contribution in [0.5, 0.6) is 0 Å². The molecule has 0 fully saturated rings. The highest BCUT2D eigenvalue weighted by molar-refractivity contribution is 5.81. The van der Waals surface area contributed by atoms with Gasteiger partial charge in [0.15, 0.2) is 0 Å². The normalized spacial score (nSPS) is 17.6. The first kappa shape index (κ1) is 13.4. The van der Waals surface area contributed by atoms with Crippen molar-refractivity contribution < 1.29 is 14.3 Å². The van der Waals surface area contributed by atoms with E-state index in [1.54, 1.807) is 14.0 Å². The molecular formula is C10H21NO3. The molecule has 0 aliphatic rings. The van der Waals surface area contributed by atoms with Gasteiger partial charge in [-0.15, -0.1) is 0 Å². The Morgan fingerprint density at radius 2 is 1.79 bits per heavy atom. The maximum absolute atomic E-state index is 11.6. The highest BCUT2D eigenvalue weighted by atomic mass is 16.5. The first-order valence-corrected chi connectivity index (χ1v) is 4.77. The largest absolute Gasteiger partial charge is 0.468 e. The lowest BCUT2D eigenvalue weighted by molar-refractivity contribution is -0.154. The summed E-state index contributed by atoms with van der Waals surface area (Å²) < 4.78 is 9.93. The van der Waals surface area contributed by atoms with Crippen LogP contribution in [0, 0.1) is 0 Å². The highest BCUT2D eigenvalue weighted by Crippen LogP contribution is 2.15. The van der Waals surface area contributed by atoms with E-state index in [0.717, 1.165) is 0 Å². The molecule has 0 aromatic rings. The lowest BCUT2D eigenvalue weighted by atomic mass is 9.95. The molecule has 0 amide bonds. The number of methoxy groups -OCH3 is 2. The highest BCUT2D eigenvalue weighted by Gasteiger charge is 2.40. The number of rotatable bonds is 5. The molecule has 0 heterocycles. The van der Waals surface area contributed by atoms with E-state index < -0.39 is 5.54 Å². The Kier molecular flexibility index (Phi) is 5.08. The smallest absolute Gasteiger partial charge is 0.328 e. The van der Waals surface area contributed by atoms with Gasteiger partial charge in [0.05, 0.1) is 13.2 Å². The van der Waals surface area contributed by atoms with Gasteiger partial charge in [0.2, 0.25) is 0 Å². The van der Waals surface area contributed by atoms with Crippen molar-refractivity contribution in [3.63, 3.8) is 0 Å². The van der Waals surface area contributed by atoms with E-state index in [1.165, 1.54) is 7.11 Å². The summed E-state index contributed by atoms with van der Waals surface area (Å²) in [6.45, 7) is 7.58. The first-order valence-electron chi connectivity index (χ1n) is 4.77. The van der Waals surface area contributed by atoms with Crippen LogP contribution in [0.2, 0.25) is 0 Å². The van der Waals surface area contributed by atoms with Crippen LogP contribution in [0.25, 0.3) is 0 Å². The molecule has 0 aromatic carbocycles. The van der Waals surface area contributed by atoms with Crippen LogP contribution in [0.1, 0.15) is 27.7 Å². The maximum atomic E-state index is 11.6. The van der Waals surface area contributed by atoms with Gasteiger partial charge < -0.3 is 9.47 Å². The van der Waals surface area contributed by atoms with Gasteiger partial charge in [-0.05, 0) is 27.7 Å². The lowest BCUT2D eigenvalue weighted by Gasteiger charge is -2.34. The Morgan fingerprint density at radius 1 is 1.29 bits per heavy atom. The minimum absolute atomic E-state index is 0.191. The van der Waals surface area contributed by atoms with Crippen molar-refractivity contribution in [2.75, 3.05) is 14.2 Å². The van der Waals surface area contributed by atoms with Crippen LogP contribution in [-0.4, -0.2) is 37.9 Å². The van der Waals surface area contributed by atoms with Crippen molar-refractivity contribution >= 4 is 5.97 Å². The molecule has 0 bridgehead atoms. The Hall–Kier alpha value is -0.610. The molecule has 0 radical (unpaired) electrons. The van der Waals surface area contributed by atoms with Gasteiger partial charge in [-0.2, -0.15) is 0 Å². The van der Waals surface area contributed by atoms with Crippen molar-refractivity contribution in [1.29, 1.82) is 0 Å². The van der Waals surface area contributed by atoms with E-state index in [1.807, 2.05) is 20.8 Å². The van der Waals surface area contributed by atoms with Crippen LogP contribution in [-0.2, 0) is 14.3 Å². The molecule has 2 atom stereocenters. The second kappa shape index (κ2) is 5.32. The summed E-state index contributed by atoms with van der Waals surface area (Å²) in [4.78, 5) is 11.6. The monoisotopic (exact) mass is 203 g/mol. The number of nitrogens with one attached hydrogen (secondary N) is 1. The predicted molar refractivity (Wildman–Crippen MR) is 55.2 cm³/mol. The van der Waals surface area contributed by atoms with Crippen molar-refractivity contribution in [1.82, 2.24) is 5.32 Å². The average Bonchev–Trinajstić information content (AvgIpc) is 2.13. The number of esters is 1. The van der Waals surface area contributed by atoms with Gasteiger partial charge in [-0.1, -0.05) is 0 Å². The molecule has 2 unspecified atom stereocenters. The summed E-state index contributed by atoms with van der Waals surface area (Å²) in [5.74, 6) is -0.305. The Morgan fingerprint density at radius 3 is 2.07 bits per heavy atom. The number of ether oxygens (including phenoxy) is 2. The zero-order valence-electron chi connectivity index (χ0n) is 9.88. The van der Waals surface area contributed by atoms with E-state index in [0.29, 0.717) is 0 Å². The molecule has 1 N–H and O–H groups in total. The molecular weight excluding hydrogens is 182 g/mol. The summed E-state index contributed by atoms with van der Waals surface area (Å²) in [5.41, 5.74) is -0.794. The van der Waals surface area contributed by atoms with Crippen LogP contribution < -0.4 is 5.32 Å². The summed E-state index contributed by atoms with van der Waals surface area (Å²) >= 11 is 0. The summed E-state index contributed by atoms with van der Waals surface area (Å²) in [6, 6.07) is 0.191. The van der Waals surface area contributed by atoms with Gasteiger partial charge in [-0.3, -0.25) is 5.32 Å². The minimum Gasteiger partial charge on any atom is -0.468 e. The molecule has 0 aromatic heterocycles. The Labute approximate surface area is 86.0 Å². The number of hydrogen-bond acceptors (Lipinski definition) is 4. The maximum Gasteiger partial charge on any atom is 0.328 e. The number of hydrogen-bond donors (Lipinski definition) is 1. The molecule has 4 heteroatoms. The zero-order chi connectivity index (χ0) is 11.4. The van der Waals surface area contributed by atoms with E-state index in [2.05, 4.69) is 5.32 Å². The van der Waals surface area contributed by atoms with Crippen LogP contribution >= 0.6 is 0 Å². The number of carbonyl (C=O) groups is 1. The van der Waals surface area contributed by atoms with E-state index >= 15 is 0 Å². The number of carbonyl (C=O) groups excluding carboxylic acids is 1. The molecule has 4 nitrogen and oxygen atoms in total. The second-order valence-electron chi connectivity index (χ2n) is 3.87. The summed E-state index contributed by atoms with van der Waals surface area (Å²) in [6.07, 6.45) is -0.239. The third-order valence-electron chi connectivity index (χ3n) is 2.36. The van der Waals surface area contributed by atoms with E-state index in [9.17, 15) is 4.79 Å². The standard InChI is InChI=1S/C10H21NO3/c1-7(2)11-10(4,8(3)13-5)9(12)14-6/h7-8,11H,1-6H3. The lowest BCUT2D eigenvalue weighted by Crippen LogP contribution is -2.60. The molecule has 84 valence electrons. The fourth-order valence-corrected chi connectivity index (χ4v) is 1.39. The average molecular weight is 203 g/mol. The fraction of sp³-hybridized carbons (Fsp3) is 0.900. The van der Waals surface area contributed by atoms with Crippen molar-refractivity contribution in [2.24, 2.45) is 0 Å². The quantitative estimate of drug-likeness (QED) is 0.676. The van der Waals surface area contributed by atoms with E-state index in [-0.39, 0.29) is 18.1 Å². The van der Waals surface area contributed by atoms with Crippen molar-refractivity contribution in [3.05, 3.63) is 0 Å². The summed E-state index contributed by atoms with van der Waals surface area (Å²) in [5, 5.41) is 3.16. The van der Waals surface area contributed by atoms with Gasteiger partial charge in [0.1, 0.15) is 5.54 Å². The van der Waals surface area contributed by atoms with Crippen molar-refractivity contribution in [2.45, 2.75) is 45.4 Å². The topological polar surface area (TPSA) is 47.6 Å².